The van der Waals surface area contributed by atoms with Gasteiger partial charge in [-0.1, -0.05) is 37.6 Å². The summed E-state index contributed by atoms with van der Waals surface area (Å²) in [7, 11) is 0. The van der Waals surface area contributed by atoms with E-state index >= 15 is 0 Å². The molecule has 0 unspecified atom stereocenters. The van der Waals surface area contributed by atoms with E-state index in [1.54, 1.807) is 12.1 Å². The normalized spacial score (nSPS) is 11.4. The van der Waals surface area contributed by atoms with Crippen LogP contribution in [0, 0.1) is 12.7 Å². The molecule has 2 rings (SSSR count). The summed E-state index contributed by atoms with van der Waals surface area (Å²) in [5.74, 6) is 0.457. The fourth-order valence-corrected chi connectivity index (χ4v) is 1.96. The SMILES string of the molecule is Cc1cc(NCC(C)(C)c2ccc(F)cc2)nnc1Cl. The third-order valence-electron chi connectivity index (χ3n) is 3.26. The van der Waals surface area contributed by atoms with Crippen LogP contribution in [0.15, 0.2) is 30.3 Å². The predicted octanol–water partition coefficient (Wildman–Crippen LogP) is 3.97. The Bertz CT molecular complexity index is 597. The van der Waals surface area contributed by atoms with Gasteiger partial charge in [-0.25, -0.2) is 4.39 Å². The molecule has 0 aliphatic carbocycles. The van der Waals surface area contributed by atoms with Crippen LogP contribution in [-0.2, 0) is 5.41 Å². The summed E-state index contributed by atoms with van der Waals surface area (Å²) in [5.41, 5.74) is 1.79. The van der Waals surface area contributed by atoms with Crippen LogP contribution in [0.25, 0.3) is 0 Å². The van der Waals surface area contributed by atoms with E-state index < -0.39 is 0 Å². The second-order valence-electron chi connectivity index (χ2n) is 5.45. The molecule has 2 aromatic rings. The minimum Gasteiger partial charge on any atom is -0.368 e. The highest BCUT2D eigenvalue weighted by atomic mass is 35.5. The van der Waals surface area contributed by atoms with Crippen molar-refractivity contribution in [1.82, 2.24) is 10.2 Å². The van der Waals surface area contributed by atoms with Gasteiger partial charge in [0, 0.05) is 12.0 Å². The van der Waals surface area contributed by atoms with Crippen molar-refractivity contribution in [2.45, 2.75) is 26.2 Å². The Morgan fingerprint density at radius 1 is 1.20 bits per heavy atom. The molecule has 0 radical (unpaired) electrons. The monoisotopic (exact) mass is 293 g/mol. The van der Waals surface area contributed by atoms with Crippen LogP contribution in [0.1, 0.15) is 25.0 Å². The number of benzene rings is 1. The summed E-state index contributed by atoms with van der Waals surface area (Å²) < 4.78 is 13.0. The molecule has 106 valence electrons. The van der Waals surface area contributed by atoms with Gasteiger partial charge in [0.15, 0.2) is 5.15 Å². The van der Waals surface area contributed by atoms with Crippen molar-refractivity contribution in [2.75, 3.05) is 11.9 Å². The third-order valence-corrected chi connectivity index (χ3v) is 3.63. The lowest BCUT2D eigenvalue weighted by Crippen LogP contribution is -2.28. The maximum atomic E-state index is 13.0. The smallest absolute Gasteiger partial charge is 0.154 e. The molecule has 1 aromatic carbocycles. The van der Waals surface area contributed by atoms with Gasteiger partial charge in [-0.05, 0) is 36.2 Å². The van der Waals surface area contributed by atoms with Gasteiger partial charge in [-0.15, -0.1) is 10.2 Å². The van der Waals surface area contributed by atoms with Crippen molar-refractivity contribution in [2.24, 2.45) is 0 Å². The highest BCUT2D eigenvalue weighted by Crippen LogP contribution is 2.24. The molecule has 1 heterocycles. The first-order valence-corrected chi connectivity index (χ1v) is 6.76. The van der Waals surface area contributed by atoms with Crippen LogP contribution in [-0.4, -0.2) is 16.7 Å². The van der Waals surface area contributed by atoms with E-state index in [4.69, 9.17) is 11.6 Å². The molecular weight excluding hydrogens is 277 g/mol. The number of rotatable bonds is 4. The van der Waals surface area contributed by atoms with Crippen molar-refractivity contribution in [3.63, 3.8) is 0 Å². The predicted molar refractivity (Wildman–Crippen MR) is 79.7 cm³/mol. The number of halogens is 2. The molecule has 0 amide bonds. The molecule has 0 bridgehead atoms. The molecular formula is C15H17ClFN3. The fourth-order valence-electron chi connectivity index (χ4n) is 1.87. The second-order valence-corrected chi connectivity index (χ2v) is 5.81. The van der Waals surface area contributed by atoms with Gasteiger partial charge in [-0.3, -0.25) is 0 Å². The molecule has 0 spiro atoms. The van der Waals surface area contributed by atoms with Crippen LogP contribution in [0.5, 0.6) is 0 Å². The van der Waals surface area contributed by atoms with Gasteiger partial charge < -0.3 is 5.32 Å². The molecule has 3 nitrogen and oxygen atoms in total. The van der Waals surface area contributed by atoms with E-state index in [-0.39, 0.29) is 11.2 Å². The standard InChI is InChI=1S/C15H17ClFN3/c1-10-8-13(19-20-14(10)16)18-9-15(2,3)11-4-6-12(17)7-5-11/h4-8H,9H2,1-3H3,(H,18,19). The zero-order valence-electron chi connectivity index (χ0n) is 11.7. The van der Waals surface area contributed by atoms with Gasteiger partial charge in [0.2, 0.25) is 0 Å². The second kappa shape index (κ2) is 5.75. The average Bonchev–Trinajstić information content (AvgIpc) is 2.41. The summed E-state index contributed by atoms with van der Waals surface area (Å²) >= 11 is 5.84. The molecule has 1 N–H and O–H groups in total. The Labute approximate surface area is 123 Å². The summed E-state index contributed by atoms with van der Waals surface area (Å²) in [6, 6.07) is 8.41. The first-order chi connectivity index (χ1) is 9.38. The minimum atomic E-state index is -0.225. The lowest BCUT2D eigenvalue weighted by atomic mass is 9.84. The number of aromatic nitrogens is 2. The number of nitrogens with one attached hydrogen (secondary N) is 1. The van der Waals surface area contributed by atoms with E-state index in [9.17, 15) is 4.39 Å². The zero-order chi connectivity index (χ0) is 14.8. The van der Waals surface area contributed by atoms with E-state index in [2.05, 4.69) is 29.4 Å². The van der Waals surface area contributed by atoms with E-state index in [1.165, 1.54) is 12.1 Å². The Balaban J connectivity index is 2.08. The molecule has 0 aliphatic heterocycles. The lowest BCUT2D eigenvalue weighted by Gasteiger charge is -2.26. The molecule has 0 fully saturated rings. The minimum absolute atomic E-state index is 0.150. The average molecular weight is 294 g/mol. The first kappa shape index (κ1) is 14.7. The van der Waals surface area contributed by atoms with Crippen LogP contribution in [0.3, 0.4) is 0 Å². The van der Waals surface area contributed by atoms with Gasteiger partial charge in [0.25, 0.3) is 0 Å². The van der Waals surface area contributed by atoms with Crippen LogP contribution >= 0.6 is 11.6 Å². The molecule has 0 saturated heterocycles. The van der Waals surface area contributed by atoms with E-state index in [0.717, 1.165) is 11.1 Å². The molecule has 1 aromatic heterocycles. The van der Waals surface area contributed by atoms with Crippen molar-refractivity contribution in [1.29, 1.82) is 0 Å². The van der Waals surface area contributed by atoms with Crippen molar-refractivity contribution in [3.05, 3.63) is 52.4 Å². The Hall–Kier alpha value is -1.68. The van der Waals surface area contributed by atoms with E-state index in [0.29, 0.717) is 17.5 Å². The summed E-state index contributed by atoms with van der Waals surface area (Å²) in [6.45, 7) is 6.72. The maximum absolute atomic E-state index is 13.0. The fraction of sp³-hybridized carbons (Fsp3) is 0.333. The quantitative estimate of drug-likeness (QED) is 0.927. The molecule has 0 atom stereocenters. The highest BCUT2D eigenvalue weighted by molar-refractivity contribution is 6.30. The molecule has 5 heteroatoms. The summed E-state index contributed by atoms with van der Waals surface area (Å²) in [5, 5.41) is 11.5. The first-order valence-electron chi connectivity index (χ1n) is 6.38. The van der Waals surface area contributed by atoms with Crippen molar-refractivity contribution < 1.29 is 4.39 Å². The Morgan fingerprint density at radius 2 is 1.85 bits per heavy atom. The van der Waals surface area contributed by atoms with Crippen LogP contribution in [0.2, 0.25) is 5.15 Å². The van der Waals surface area contributed by atoms with Gasteiger partial charge in [0.05, 0.1) is 0 Å². The maximum Gasteiger partial charge on any atom is 0.154 e. The highest BCUT2D eigenvalue weighted by Gasteiger charge is 2.20. The van der Waals surface area contributed by atoms with Gasteiger partial charge >= 0.3 is 0 Å². The number of nitrogens with zero attached hydrogens (tertiary/aromatic N) is 2. The molecule has 0 aliphatic rings. The Morgan fingerprint density at radius 3 is 2.45 bits per heavy atom. The van der Waals surface area contributed by atoms with Gasteiger partial charge in [0.1, 0.15) is 11.6 Å². The number of hydrogen-bond acceptors (Lipinski definition) is 3. The largest absolute Gasteiger partial charge is 0.368 e. The van der Waals surface area contributed by atoms with Gasteiger partial charge in [-0.2, -0.15) is 0 Å². The van der Waals surface area contributed by atoms with Crippen LogP contribution in [0.4, 0.5) is 10.2 Å². The number of hydrogen-bond donors (Lipinski definition) is 1. The third kappa shape index (κ3) is 3.45. The zero-order valence-corrected chi connectivity index (χ0v) is 12.5. The molecule has 0 saturated carbocycles. The lowest BCUT2D eigenvalue weighted by molar-refractivity contribution is 0.552. The van der Waals surface area contributed by atoms with Crippen LogP contribution < -0.4 is 5.32 Å². The van der Waals surface area contributed by atoms with E-state index in [1.807, 2.05) is 13.0 Å². The summed E-state index contributed by atoms with van der Waals surface area (Å²) in [4.78, 5) is 0. The number of anilines is 1. The number of aryl methyl sites for hydroxylation is 1. The van der Waals surface area contributed by atoms with Crippen molar-refractivity contribution >= 4 is 17.4 Å². The molecule has 20 heavy (non-hydrogen) atoms. The topological polar surface area (TPSA) is 37.8 Å². The Kier molecular flexibility index (Phi) is 4.23. The van der Waals surface area contributed by atoms with Crippen molar-refractivity contribution in [3.8, 4) is 0 Å². The summed E-state index contributed by atoms with van der Waals surface area (Å²) in [6.07, 6.45) is 0.